The highest BCUT2D eigenvalue weighted by Gasteiger charge is 2.59. The van der Waals surface area contributed by atoms with Crippen LogP contribution in [0.3, 0.4) is 0 Å². The van der Waals surface area contributed by atoms with Crippen LogP contribution in [-0.2, 0) is 4.74 Å². The molecule has 1 aromatic rings. The first kappa shape index (κ1) is 14.9. The third kappa shape index (κ3) is 2.18. The van der Waals surface area contributed by atoms with E-state index in [1.54, 1.807) is 0 Å². The van der Waals surface area contributed by atoms with Crippen LogP contribution in [0.1, 0.15) is 18.7 Å². The van der Waals surface area contributed by atoms with E-state index in [1.165, 1.54) is 13.8 Å². The first-order chi connectivity index (χ1) is 9.16. The largest absolute Gasteiger partial charge is 0.391 e. The van der Waals surface area contributed by atoms with E-state index in [9.17, 15) is 29.3 Å². The van der Waals surface area contributed by atoms with Crippen LogP contribution in [0, 0.1) is 6.92 Å². The highest BCUT2D eigenvalue weighted by atomic mass is 19.2. The monoisotopic (exact) mass is 290 g/mol. The molecule has 1 aromatic heterocycles. The Balaban J connectivity index is 2.51. The number of halogens is 1. The molecule has 2 heterocycles. The molecule has 112 valence electrons. The summed E-state index contributed by atoms with van der Waals surface area (Å²) in [5.41, 5.74) is -1.56. The first-order valence-electron chi connectivity index (χ1n) is 5.91. The van der Waals surface area contributed by atoms with Crippen molar-refractivity contribution in [3.05, 3.63) is 32.6 Å². The van der Waals surface area contributed by atoms with Crippen LogP contribution < -0.4 is 11.2 Å². The second-order valence-electron chi connectivity index (χ2n) is 4.84. The van der Waals surface area contributed by atoms with Gasteiger partial charge in [0.15, 0.2) is 6.23 Å². The summed E-state index contributed by atoms with van der Waals surface area (Å²) in [5, 5.41) is 28.7. The summed E-state index contributed by atoms with van der Waals surface area (Å²) in [5.74, 6) is -3.28. The molecule has 0 aliphatic carbocycles. The highest BCUT2D eigenvalue weighted by Crippen LogP contribution is 2.39. The maximum Gasteiger partial charge on any atom is 0.330 e. The lowest BCUT2D eigenvalue weighted by atomic mass is 10.0. The lowest BCUT2D eigenvalue weighted by Gasteiger charge is -2.23. The zero-order chi connectivity index (χ0) is 15.2. The van der Waals surface area contributed by atoms with Gasteiger partial charge in [-0.05, 0) is 13.8 Å². The van der Waals surface area contributed by atoms with Gasteiger partial charge in [-0.1, -0.05) is 0 Å². The van der Waals surface area contributed by atoms with Gasteiger partial charge in [-0.15, -0.1) is 0 Å². The number of aromatic nitrogens is 2. The fourth-order valence-electron chi connectivity index (χ4n) is 2.09. The van der Waals surface area contributed by atoms with Gasteiger partial charge in [-0.25, -0.2) is 9.18 Å². The molecule has 8 nitrogen and oxygen atoms in total. The van der Waals surface area contributed by atoms with Gasteiger partial charge in [0.05, 0.1) is 6.10 Å². The molecule has 0 aromatic carbocycles. The molecule has 0 amide bonds. The van der Waals surface area contributed by atoms with Crippen LogP contribution in [0.2, 0.25) is 0 Å². The van der Waals surface area contributed by atoms with Crippen molar-refractivity contribution in [2.75, 3.05) is 0 Å². The Morgan fingerprint density at radius 2 is 2.15 bits per heavy atom. The van der Waals surface area contributed by atoms with E-state index in [2.05, 4.69) is 0 Å². The average molecular weight is 290 g/mol. The van der Waals surface area contributed by atoms with Crippen molar-refractivity contribution < 1.29 is 24.4 Å². The highest BCUT2D eigenvalue weighted by molar-refractivity contribution is 5.05. The lowest BCUT2D eigenvalue weighted by Crippen LogP contribution is -2.46. The molecule has 9 heteroatoms. The summed E-state index contributed by atoms with van der Waals surface area (Å²) in [6.45, 7) is 2.62. The van der Waals surface area contributed by atoms with Gasteiger partial charge in [0, 0.05) is 11.8 Å². The van der Waals surface area contributed by atoms with Crippen molar-refractivity contribution in [1.82, 2.24) is 9.55 Å². The first-order valence-corrected chi connectivity index (χ1v) is 5.91. The summed E-state index contributed by atoms with van der Waals surface area (Å²) in [6.07, 6.45) is -5.58. The van der Waals surface area contributed by atoms with Crippen molar-refractivity contribution in [1.29, 1.82) is 0 Å². The summed E-state index contributed by atoms with van der Waals surface area (Å²) >= 11 is 0. The molecule has 1 aliphatic heterocycles. The minimum absolute atomic E-state index is 0.0963. The summed E-state index contributed by atoms with van der Waals surface area (Å²) < 4.78 is 19.9. The SMILES string of the molecule is Cc1cn(C2O[C@@H](C(C)O)[C@H](O)[C@]2(O)F)c(=O)[nH]c1=O. The van der Waals surface area contributed by atoms with Gasteiger partial charge in [-0.3, -0.25) is 14.3 Å². The molecular formula is C11H15FN2O6. The van der Waals surface area contributed by atoms with E-state index in [0.717, 1.165) is 6.20 Å². The van der Waals surface area contributed by atoms with Crippen molar-refractivity contribution in [2.24, 2.45) is 0 Å². The number of H-pyrrole nitrogens is 1. The van der Waals surface area contributed by atoms with Crippen molar-refractivity contribution >= 4 is 0 Å². The molecule has 20 heavy (non-hydrogen) atoms. The van der Waals surface area contributed by atoms with Gasteiger partial charge in [0.2, 0.25) is 0 Å². The normalized spacial score (nSPS) is 35.2. The summed E-state index contributed by atoms with van der Waals surface area (Å²) in [6, 6.07) is 0. The van der Waals surface area contributed by atoms with Gasteiger partial charge in [0.25, 0.3) is 11.4 Å². The fraction of sp³-hybridized carbons (Fsp3) is 0.636. The molecule has 2 rings (SSSR count). The van der Waals surface area contributed by atoms with Gasteiger partial charge >= 0.3 is 5.69 Å². The Morgan fingerprint density at radius 3 is 2.65 bits per heavy atom. The van der Waals surface area contributed by atoms with Gasteiger partial charge in [-0.2, -0.15) is 0 Å². The Bertz CT molecular complexity index is 622. The predicted octanol–water partition coefficient (Wildman–Crippen LogP) is -1.86. The average Bonchev–Trinajstić information content (AvgIpc) is 2.56. The second kappa shape index (κ2) is 4.77. The van der Waals surface area contributed by atoms with Crippen molar-refractivity contribution in [3.63, 3.8) is 0 Å². The number of aliphatic hydroxyl groups excluding tert-OH is 2. The predicted molar refractivity (Wildman–Crippen MR) is 63.7 cm³/mol. The molecule has 4 N–H and O–H groups in total. The number of nitrogens with one attached hydrogen (secondary N) is 1. The molecule has 0 bridgehead atoms. The molecule has 1 saturated heterocycles. The number of hydrogen-bond acceptors (Lipinski definition) is 6. The number of ether oxygens (including phenoxy) is 1. The molecule has 0 saturated carbocycles. The molecule has 2 unspecified atom stereocenters. The van der Waals surface area contributed by atoms with Crippen LogP contribution >= 0.6 is 0 Å². The number of aliphatic hydroxyl groups is 3. The fourth-order valence-corrected chi connectivity index (χ4v) is 2.09. The summed E-state index contributed by atoms with van der Waals surface area (Å²) in [4.78, 5) is 24.8. The minimum atomic E-state index is -3.28. The van der Waals surface area contributed by atoms with E-state index in [4.69, 9.17) is 4.74 Å². The van der Waals surface area contributed by atoms with E-state index >= 15 is 0 Å². The molecule has 1 aliphatic rings. The Labute approximate surface area is 112 Å². The maximum absolute atomic E-state index is 14.2. The minimum Gasteiger partial charge on any atom is -0.391 e. The standard InChI is InChI=1S/C11H15FN2O6/c1-4-3-14(10(18)13-8(4)17)9-11(12,19)7(16)6(20-9)5(2)15/h3,5-7,9,15-16,19H,1-2H3,(H,13,17,18)/t5?,6-,7-,9?,11+/m0/s1. The molecule has 0 spiro atoms. The molecule has 1 fully saturated rings. The van der Waals surface area contributed by atoms with E-state index < -0.39 is 41.6 Å². The topological polar surface area (TPSA) is 125 Å². The van der Waals surface area contributed by atoms with E-state index in [0.29, 0.717) is 4.57 Å². The van der Waals surface area contributed by atoms with E-state index in [-0.39, 0.29) is 5.56 Å². The number of rotatable bonds is 2. The second-order valence-corrected chi connectivity index (χ2v) is 4.84. The van der Waals surface area contributed by atoms with Gasteiger partial charge < -0.3 is 20.1 Å². The third-order valence-corrected chi connectivity index (χ3v) is 3.23. The summed E-state index contributed by atoms with van der Waals surface area (Å²) in [7, 11) is 0. The number of aryl methyl sites for hydroxylation is 1. The Kier molecular flexibility index (Phi) is 3.54. The van der Waals surface area contributed by atoms with E-state index in [1.807, 2.05) is 4.98 Å². The third-order valence-electron chi connectivity index (χ3n) is 3.23. The number of nitrogens with zero attached hydrogens (tertiary/aromatic N) is 1. The maximum atomic E-state index is 14.2. The lowest BCUT2D eigenvalue weighted by molar-refractivity contribution is -0.197. The smallest absolute Gasteiger partial charge is 0.330 e. The quantitative estimate of drug-likeness (QED) is 0.506. The number of hydrogen-bond donors (Lipinski definition) is 4. The molecule has 0 radical (unpaired) electrons. The molecular weight excluding hydrogens is 275 g/mol. The zero-order valence-corrected chi connectivity index (χ0v) is 10.8. The Hall–Kier alpha value is -1.55. The van der Waals surface area contributed by atoms with Crippen molar-refractivity contribution in [2.45, 2.75) is 44.2 Å². The Morgan fingerprint density at radius 1 is 1.55 bits per heavy atom. The van der Waals surface area contributed by atoms with Crippen LogP contribution in [0.5, 0.6) is 0 Å². The van der Waals surface area contributed by atoms with Crippen molar-refractivity contribution in [3.8, 4) is 0 Å². The zero-order valence-electron chi connectivity index (χ0n) is 10.8. The molecule has 5 atom stereocenters. The van der Waals surface area contributed by atoms with Crippen LogP contribution in [0.4, 0.5) is 4.39 Å². The van der Waals surface area contributed by atoms with Crippen LogP contribution in [0.25, 0.3) is 0 Å². The van der Waals surface area contributed by atoms with Crippen LogP contribution in [0.15, 0.2) is 15.8 Å². The van der Waals surface area contributed by atoms with Crippen LogP contribution in [-0.4, -0.2) is 49.0 Å². The van der Waals surface area contributed by atoms with Gasteiger partial charge in [0.1, 0.15) is 12.2 Å². The number of aromatic amines is 1. The number of alkyl halides is 1.